The van der Waals surface area contributed by atoms with Crippen molar-refractivity contribution in [1.82, 2.24) is 0 Å². The zero-order valence-electron chi connectivity index (χ0n) is 11.8. The molecule has 1 fully saturated rings. The van der Waals surface area contributed by atoms with E-state index in [9.17, 15) is 0 Å². The molecule has 0 saturated heterocycles. The highest BCUT2D eigenvalue weighted by molar-refractivity contribution is 5.50. The van der Waals surface area contributed by atoms with Gasteiger partial charge in [-0.1, -0.05) is 25.3 Å². The molecule has 2 nitrogen and oxygen atoms in total. The molecule has 0 atom stereocenters. The molecule has 0 unspecified atom stereocenters. The van der Waals surface area contributed by atoms with Crippen molar-refractivity contribution in [2.24, 2.45) is 11.7 Å². The van der Waals surface area contributed by atoms with Crippen molar-refractivity contribution in [3.8, 4) is 0 Å². The first kappa shape index (κ1) is 13.4. The highest BCUT2D eigenvalue weighted by atomic mass is 15.1. The second kappa shape index (κ2) is 6.24. The van der Waals surface area contributed by atoms with Crippen molar-refractivity contribution in [3.05, 3.63) is 29.3 Å². The summed E-state index contributed by atoms with van der Waals surface area (Å²) in [6.45, 7) is 3.99. The topological polar surface area (TPSA) is 29.3 Å². The SMILES string of the molecule is Cc1cc(N(C)CC2CCCCC2)ccc1CN. The number of aryl methyl sites for hydroxylation is 1. The molecule has 0 heterocycles. The van der Waals surface area contributed by atoms with Gasteiger partial charge in [0, 0.05) is 25.8 Å². The third-order valence-electron chi connectivity index (χ3n) is 4.24. The first-order valence-corrected chi connectivity index (χ1v) is 7.21. The van der Waals surface area contributed by atoms with E-state index in [2.05, 4.69) is 37.1 Å². The quantitative estimate of drug-likeness (QED) is 0.881. The van der Waals surface area contributed by atoms with Gasteiger partial charge >= 0.3 is 0 Å². The van der Waals surface area contributed by atoms with E-state index in [4.69, 9.17) is 5.73 Å². The van der Waals surface area contributed by atoms with Crippen molar-refractivity contribution < 1.29 is 0 Å². The van der Waals surface area contributed by atoms with Crippen molar-refractivity contribution in [1.29, 1.82) is 0 Å². The third-order valence-corrected chi connectivity index (χ3v) is 4.24. The van der Waals surface area contributed by atoms with Gasteiger partial charge in [0.05, 0.1) is 0 Å². The molecular formula is C16H26N2. The summed E-state index contributed by atoms with van der Waals surface area (Å²) < 4.78 is 0. The Bertz CT molecular complexity index is 381. The van der Waals surface area contributed by atoms with E-state index in [1.54, 1.807) is 0 Å². The molecule has 2 N–H and O–H groups in total. The van der Waals surface area contributed by atoms with E-state index < -0.39 is 0 Å². The Morgan fingerprint density at radius 2 is 1.94 bits per heavy atom. The number of benzene rings is 1. The van der Waals surface area contributed by atoms with E-state index in [0.29, 0.717) is 6.54 Å². The maximum absolute atomic E-state index is 5.71. The minimum absolute atomic E-state index is 0.637. The molecule has 0 amide bonds. The van der Waals surface area contributed by atoms with Gasteiger partial charge in [-0.15, -0.1) is 0 Å². The standard InChI is InChI=1S/C16H26N2/c1-13-10-16(9-8-15(13)11-17)18(2)12-14-6-4-3-5-7-14/h8-10,14H,3-7,11-12,17H2,1-2H3. The van der Waals surface area contributed by atoms with Crippen LogP contribution in [0.25, 0.3) is 0 Å². The first-order chi connectivity index (χ1) is 8.70. The van der Waals surface area contributed by atoms with Gasteiger partial charge in [-0.3, -0.25) is 0 Å². The Balaban J connectivity index is 1.99. The molecule has 0 radical (unpaired) electrons. The van der Waals surface area contributed by atoms with Crippen LogP contribution in [0.15, 0.2) is 18.2 Å². The second-order valence-electron chi connectivity index (χ2n) is 5.70. The third kappa shape index (κ3) is 3.26. The van der Waals surface area contributed by atoms with Crippen LogP contribution in [0.5, 0.6) is 0 Å². The normalized spacial score (nSPS) is 16.8. The van der Waals surface area contributed by atoms with E-state index in [-0.39, 0.29) is 0 Å². The van der Waals surface area contributed by atoms with E-state index >= 15 is 0 Å². The summed E-state index contributed by atoms with van der Waals surface area (Å²) in [6, 6.07) is 6.64. The van der Waals surface area contributed by atoms with Crippen LogP contribution in [0.2, 0.25) is 0 Å². The number of anilines is 1. The van der Waals surface area contributed by atoms with E-state index in [1.165, 1.54) is 55.5 Å². The summed E-state index contributed by atoms with van der Waals surface area (Å²) >= 11 is 0. The summed E-state index contributed by atoms with van der Waals surface area (Å²) in [4.78, 5) is 2.41. The van der Waals surface area contributed by atoms with Crippen molar-refractivity contribution >= 4 is 5.69 Å². The number of nitrogens with zero attached hydrogens (tertiary/aromatic N) is 1. The average Bonchev–Trinajstić information content (AvgIpc) is 2.39. The van der Waals surface area contributed by atoms with Crippen LogP contribution in [0.1, 0.15) is 43.2 Å². The molecule has 0 spiro atoms. The van der Waals surface area contributed by atoms with Crippen LogP contribution in [0.4, 0.5) is 5.69 Å². The van der Waals surface area contributed by atoms with Crippen molar-refractivity contribution in [2.45, 2.75) is 45.6 Å². The molecule has 1 aromatic carbocycles. The van der Waals surface area contributed by atoms with E-state index in [1.807, 2.05) is 0 Å². The lowest BCUT2D eigenvalue weighted by Gasteiger charge is -2.28. The lowest BCUT2D eigenvalue weighted by atomic mass is 9.89. The number of nitrogens with two attached hydrogens (primary N) is 1. The predicted molar refractivity (Wildman–Crippen MR) is 78.9 cm³/mol. The van der Waals surface area contributed by atoms with Gasteiger partial charge in [0.1, 0.15) is 0 Å². The second-order valence-corrected chi connectivity index (χ2v) is 5.70. The van der Waals surface area contributed by atoms with Crippen LogP contribution < -0.4 is 10.6 Å². The van der Waals surface area contributed by atoms with Crippen LogP contribution in [0.3, 0.4) is 0 Å². The van der Waals surface area contributed by atoms with Gasteiger partial charge in [0.2, 0.25) is 0 Å². The molecular weight excluding hydrogens is 220 g/mol. The summed E-state index contributed by atoms with van der Waals surface area (Å²) in [5, 5.41) is 0. The molecule has 1 aliphatic rings. The molecule has 0 aliphatic heterocycles. The lowest BCUT2D eigenvalue weighted by Crippen LogP contribution is -2.26. The van der Waals surface area contributed by atoms with Crippen LogP contribution >= 0.6 is 0 Å². The fourth-order valence-electron chi connectivity index (χ4n) is 3.01. The van der Waals surface area contributed by atoms with Crippen LogP contribution in [-0.4, -0.2) is 13.6 Å². The fraction of sp³-hybridized carbons (Fsp3) is 0.625. The Hall–Kier alpha value is -1.02. The Morgan fingerprint density at radius 1 is 1.22 bits per heavy atom. The molecule has 100 valence electrons. The van der Waals surface area contributed by atoms with Gasteiger partial charge < -0.3 is 10.6 Å². The van der Waals surface area contributed by atoms with Crippen molar-refractivity contribution in [2.75, 3.05) is 18.5 Å². The molecule has 0 bridgehead atoms. The molecule has 2 rings (SSSR count). The smallest absolute Gasteiger partial charge is 0.0366 e. The monoisotopic (exact) mass is 246 g/mol. The van der Waals surface area contributed by atoms with Gasteiger partial charge in [0.15, 0.2) is 0 Å². The van der Waals surface area contributed by atoms with Gasteiger partial charge in [-0.05, 0) is 48.9 Å². The molecule has 1 aliphatic carbocycles. The van der Waals surface area contributed by atoms with Gasteiger partial charge in [0.25, 0.3) is 0 Å². The zero-order valence-corrected chi connectivity index (χ0v) is 11.8. The highest BCUT2D eigenvalue weighted by Gasteiger charge is 2.15. The van der Waals surface area contributed by atoms with Gasteiger partial charge in [-0.25, -0.2) is 0 Å². The maximum atomic E-state index is 5.71. The average molecular weight is 246 g/mol. The Kier molecular flexibility index (Phi) is 4.65. The number of hydrogen-bond donors (Lipinski definition) is 1. The Morgan fingerprint density at radius 3 is 2.56 bits per heavy atom. The van der Waals surface area contributed by atoms with Crippen LogP contribution in [-0.2, 0) is 6.54 Å². The van der Waals surface area contributed by atoms with Gasteiger partial charge in [-0.2, -0.15) is 0 Å². The van der Waals surface area contributed by atoms with Crippen LogP contribution in [0, 0.1) is 12.8 Å². The summed E-state index contributed by atoms with van der Waals surface area (Å²) in [6.07, 6.45) is 7.09. The maximum Gasteiger partial charge on any atom is 0.0366 e. The lowest BCUT2D eigenvalue weighted by molar-refractivity contribution is 0.362. The predicted octanol–water partition coefficient (Wildman–Crippen LogP) is 3.47. The first-order valence-electron chi connectivity index (χ1n) is 7.21. The minimum atomic E-state index is 0.637. The molecule has 2 heteroatoms. The number of hydrogen-bond acceptors (Lipinski definition) is 2. The van der Waals surface area contributed by atoms with Crippen molar-refractivity contribution in [3.63, 3.8) is 0 Å². The summed E-state index contributed by atoms with van der Waals surface area (Å²) in [7, 11) is 2.21. The Labute approximate surface area is 111 Å². The molecule has 0 aromatic heterocycles. The highest BCUT2D eigenvalue weighted by Crippen LogP contribution is 2.26. The minimum Gasteiger partial charge on any atom is -0.374 e. The zero-order chi connectivity index (χ0) is 13.0. The molecule has 1 aromatic rings. The largest absolute Gasteiger partial charge is 0.374 e. The molecule has 1 saturated carbocycles. The summed E-state index contributed by atoms with van der Waals surface area (Å²) in [5.74, 6) is 0.887. The molecule has 18 heavy (non-hydrogen) atoms. The fourth-order valence-corrected chi connectivity index (χ4v) is 3.01. The van der Waals surface area contributed by atoms with E-state index in [0.717, 1.165) is 5.92 Å². The summed E-state index contributed by atoms with van der Waals surface area (Å²) in [5.41, 5.74) is 9.61. The number of rotatable bonds is 4.